The van der Waals surface area contributed by atoms with Crippen LogP contribution < -0.4 is 9.47 Å². The molecule has 4 nitrogen and oxygen atoms in total. The third-order valence-electron chi connectivity index (χ3n) is 4.89. The first kappa shape index (κ1) is 22.0. The highest BCUT2D eigenvalue weighted by Crippen LogP contribution is 2.23. The molecule has 0 heterocycles. The Morgan fingerprint density at radius 2 is 1.42 bits per heavy atom. The summed E-state index contributed by atoms with van der Waals surface area (Å²) < 4.78 is 10.7. The Hall–Kier alpha value is -3.66. The summed E-state index contributed by atoms with van der Waals surface area (Å²) in [6.07, 6.45) is 3.21. The number of hydrogen-bond acceptors (Lipinski definition) is 4. The van der Waals surface area contributed by atoms with Crippen LogP contribution in [0.5, 0.6) is 11.5 Å². The van der Waals surface area contributed by atoms with Gasteiger partial charge in [-0.15, -0.1) is 0 Å². The van der Waals surface area contributed by atoms with Gasteiger partial charge >= 0.3 is 5.97 Å². The van der Waals surface area contributed by atoms with Crippen molar-refractivity contribution in [1.29, 1.82) is 0 Å². The number of hydrogen-bond donors (Lipinski definition) is 0. The zero-order chi connectivity index (χ0) is 22.4. The lowest BCUT2D eigenvalue weighted by atomic mass is 9.87. The molecular formula is C27H26O4. The highest BCUT2D eigenvalue weighted by atomic mass is 16.5. The monoisotopic (exact) mass is 414 g/mol. The summed E-state index contributed by atoms with van der Waals surface area (Å²) in [6.45, 7) is 6.36. The van der Waals surface area contributed by atoms with Gasteiger partial charge in [-0.05, 0) is 65.6 Å². The van der Waals surface area contributed by atoms with Gasteiger partial charge in [-0.25, -0.2) is 4.79 Å². The van der Waals surface area contributed by atoms with E-state index < -0.39 is 5.97 Å². The Labute approximate surface area is 183 Å². The molecule has 4 heteroatoms. The summed E-state index contributed by atoms with van der Waals surface area (Å²) in [6, 6.07) is 21.4. The first-order valence-electron chi connectivity index (χ1n) is 10.1. The number of ether oxygens (including phenoxy) is 2. The number of carbonyl (C=O) groups is 2. The summed E-state index contributed by atoms with van der Waals surface area (Å²) in [4.78, 5) is 24.9. The van der Waals surface area contributed by atoms with E-state index in [2.05, 4.69) is 20.8 Å². The Morgan fingerprint density at radius 3 is 2.03 bits per heavy atom. The van der Waals surface area contributed by atoms with Crippen molar-refractivity contribution in [3.05, 3.63) is 101 Å². The van der Waals surface area contributed by atoms with Gasteiger partial charge in [0.2, 0.25) is 0 Å². The summed E-state index contributed by atoms with van der Waals surface area (Å²) in [5.41, 5.74) is 2.97. The van der Waals surface area contributed by atoms with Crippen molar-refractivity contribution in [2.24, 2.45) is 0 Å². The van der Waals surface area contributed by atoms with E-state index in [-0.39, 0.29) is 11.2 Å². The molecule has 3 rings (SSSR count). The molecule has 158 valence electrons. The van der Waals surface area contributed by atoms with Crippen molar-refractivity contribution in [2.75, 3.05) is 7.11 Å². The highest BCUT2D eigenvalue weighted by molar-refractivity contribution is 6.07. The van der Waals surface area contributed by atoms with Crippen LogP contribution in [0.1, 0.15) is 52.6 Å². The molecule has 0 aliphatic rings. The predicted molar refractivity (Wildman–Crippen MR) is 123 cm³/mol. The second-order valence-electron chi connectivity index (χ2n) is 8.18. The van der Waals surface area contributed by atoms with Gasteiger partial charge in [-0.3, -0.25) is 4.79 Å². The van der Waals surface area contributed by atoms with E-state index in [1.165, 1.54) is 6.08 Å². The van der Waals surface area contributed by atoms with Crippen molar-refractivity contribution < 1.29 is 19.1 Å². The molecule has 3 aromatic rings. The maximum atomic E-state index is 12.5. The quantitative estimate of drug-likeness (QED) is 0.211. The van der Waals surface area contributed by atoms with Gasteiger partial charge in [-0.2, -0.15) is 0 Å². The van der Waals surface area contributed by atoms with Crippen LogP contribution in [-0.2, 0) is 5.41 Å². The minimum absolute atomic E-state index is 0.0187. The average Bonchev–Trinajstić information content (AvgIpc) is 2.77. The largest absolute Gasteiger partial charge is 0.496 e. The van der Waals surface area contributed by atoms with Gasteiger partial charge in [0, 0.05) is 11.1 Å². The molecule has 0 N–H and O–H groups in total. The molecule has 0 amide bonds. The highest BCUT2D eigenvalue weighted by Gasteiger charge is 2.15. The lowest BCUT2D eigenvalue weighted by Crippen LogP contribution is -2.13. The molecule has 0 unspecified atom stereocenters. The van der Waals surface area contributed by atoms with Crippen molar-refractivity contribution in [1.82, 2.24) is 0 Å². The third-order valence-corrected chi connectivity index (χ3v) is 4.89. The standard InChI is InChI=1S/C27H26O4/c1-27(2,3)22-14-9-21(10-15-22)26(29)31-23-16-11-19(12-17-23)24(28)18-13-20-7-5-6-8-25(20)30-4/h5-18H,1-4H3/b18-13+. The summed E-state index contributed by atoms with van der Waals surface area (Å²) >= 11 is 0. The molecule has 0 saturated carbocycles. The van der Waals surface area contributed by atoms with Crippen LogP contribution in [0.3, 0.4) is 0 Å². The van der Waals surface area contributed by atoms with Gasteiger partial charge in [0.05, 0.1) is 12.7 Å². The molecule has 0 fully saturated rings. The van der Waals surface area contributed by atoms with Crippen LogP contribution in [0.15, 0.2) is 78.9 Å². The Bertz CT molecular complexity index is 1090. The van der Waals surface area contributed by atoms with Crippen molar-refractivity contribution in [3.63, 3.8) is 0 Å². The van der Waals surface area contributed by atoms with Crippen LogP contribution in [0.2, 0.25) is 0 Å². The molecule has 0 atom stereocenters. The predicted octanol–water partition coefficient (Wildman–Crippen LogP) is 6.11. The first-order valence-corrected chi connectivity index (χ1v) is 10.1. The molecule has 0 aliphatic carbocycles. The van der Waals surface area contributed by atoms with Gasteiger partial charge in [0.15, 0.2) is 5.78 Å². The molecule has 3 aromatic carbocycles. The molecule has 0 aliphatic heterocycles. The minimum atomic E-state index is -0.435. The fourth-order valence-electron chi connectivity index (χ4n) is 3.03. The number of esters is 1. The fourth-order valence-corrected chi connectivity index (χ4v) is 3.03. The van der Waals surface area contributed by atoms with E-state index in [1.54, 1.807) is 49.6 Å². The molecule has 31 heavy (non-hydrogen) atoms. The number of allylic oxidation sites excluding steroid dienone is 1. The second-order valence-corrected chi connectivity index (χ2v) is 8.18. The smallest absolute Gasteiger partial charge is 0.343 e. The molecule has 0 radical (unpaired) electrons. The summed E-state index contributed by atoms with van der Waals surface area (Å²) in [7, 11) is 1.59. The van der Waals surface area contributed by atoms with Crippen LogP contribution in [0, 0.1) is 0 Å². The van der Waals surface area contributed by atoms with E-state index in [0.717, 1.165) is 11.1 Å². The number of para-hydroxylation sites is 1. The fraction of sp³-hybridized carbons (Fsp3) is 0.185. The zero-order valence-corrected chi connectivity index (χ0v) is 18.2. The first-order chi connectivity index (χ1) is 14.8. The number of benzene rings is 3. The second kappa shape index (κ2) is 9.43. The van der Waals surface area contributed by atoms with Crippen LogP contribution in [0.25, 0.3) is 6.08 Å². The van der Waals surface area contributed by atoms with E-state index >= 15 is 0 Å². The maximum absolute atomic E-state index is 12.5. The Balaban J connectivity index is 1.65. The number of carbonyl (C=O) groups excluding carboxylic acids is 2. The summed E-state index contributed by atoms with van der Waals surface area (Å²) in [5, 5.41) is 0. The van der Waals surface area contributed by atoms with Crippen molar-refractivity contribution in [2.45, 2.75) is 26.2 Å². The van der Waals surface area contributed by atoms with Crippen LogP contribution in [0.4, 0.5) is 0 Å². The van der Waals surface area contributed by atoms with E-state index in [1.807, 2.05) is 36.4 Å². The van der Waals surface area contributed by atoms with Crippen LogP contribution >= 0.6 is 0 Å². The normalized spacial score (nSPS) is 11.4. The molecule has 0 bridgehead atoms. The van der Waals surface area contributed by atoms with E-state index in [9.17, 15) is 9.59 Å². The topological polar surface area (TPSA) is 52.6 Å². The van der Waals surface area contributed by atoms with Crippen LogP contribution in [-0.4, -0.2) is 18.9 Å². The van der Waals surface area contributed by atoms with Crippen molar-refractivity contribution >= 4 is 17.8 Å². The lowest BCUT2D eigenvalue weighted by molar-refractivity contribution is 0.0734. The number of rotatable bonds is 6. The number of methoxy groups -OCH3 is 1. The van der Waals surface area contributed by atoms with Gasteiger partial charge in [-0.1, -0.05) is 51.1 Å². The number of ketones is 1. The Kier molecular flexibility index (Phi) is 6.71. The van der Waals surface area contributed by atoms with Crippen molar-refractivity contribution in [3.8, 4) is 11.5 Å². The van der Waals surface area contributed by atoms with Gasteiger partial charge in [0.25, 0.3) is 0 Å². The average molecular weight is 415 g/mol. The third kappa shape index (κ3) is 5.70. The minimum Gasteiger partial charge on any atom is -0.496 e. The molecule has 0 saturated heterocycles. The SMILES string of the molecule is COc1ccccc1/C=C/C(=O)c1ccc(OC(=O)c2ccc(C(C)(C)C)cc2)cc1. The van der Waals surface area contributed by atoms with Gasteiger partial charge < -0.3 is 9.47 Å². The zero-order valence-electron chi connectivity index (χ0n) is 18.2. The molecule has 0 spiro atoms. The molecular weight excluding hydrogens is 388 g/mol. The van der Waals surface area contributed by atoms with Gasteiger partial charge in [0.1, 0.15) is 11.5 Å². The van der Waals surface area contributed by atoms with E-state index in [0.29, 0.717) is 22.6 Å². The summed E-state index contributed by atoms with van der Waals surface area (Å²) in [5.74, 6) is 0.497. The lowest BCUT2D eigenvalue weighted by Gasteiger charge is -2.18. The molecule has 0 aromatic heterocycles. The Morgan fingerprint density at radius 1 is 0.806 bits per heavy atom. The maximum Gasteiger partial charge on any atom is 0.343 e. The van der Waals surface area contributed by atoms with E-state index in [4.69, 9.17) is 9.47 Å².